The highest BCUT2D eigenvalue weighted by atomic mass is 32.1. The maximum Gasteiger partial charge on any atom is 0.250 e. The summed E-state index contributed by atoms with van der Waals surface area (Å²) in [5.41, 5.74) is 2.59. The summed E-state index contributed by atoms with van der Waals surface area (Å²) in [5.74, 6) is -0.122. The van der Waals surface area contributed by atoms with Gasteiger partial charge in [-0.05, 0) is 25.1 Å². The molecule has 3 rings (SSSR count). The molecule has 0 bridgehead atoms. The van der Waals surface area contributed by atoms with E-state index in [2.05, 4.69) is 10.3 Å². The molecule has 2 aromatic heterocycles. The Morgan fingerprint density at radius 1 is 1.21 bits per heavy atom. The molecule has 0 unspecified atom stereocenters. The van der Waals surface area contributed by atoms with Gasteiger partial charge in [0.2, 0.25) is 5.91 Å². The van der Waals surface area contributed by atoms with Crippen LogP contribution >= 0.6 is 11.3 Å². The summed E-state index contributed by atoms with van der Waals surface area (Å²) in [7, 11) is 0. The second-order valence-electron chi connectivity index (χ2n) is 5.36. The van der Waals surface area contributed by atoms with Crippen molar-refractivity contribution in [3.63, 3.8) is 0 Å². The normalized spacial score (nSPS) is 10.5. The van der Waals surface area contributed by atoms with Gasteiger partial charge >= 0.3 is 0 Å². The third-order valence-electron chi connectivity index (χ3n) is 3.56. The number of nitrogens with one attached hydrogen (secondary N) is 1. The van der Waals surface area contributed by atoms with Gasteiger partial charge in [-0.3, -0.25) is 9.59 Å². The molecule has 0 radical (unpaired) electrons. The molecule has 6 heteroatoms. The minimum absolute atomic E-state index is 0.104. The fourth-order valence-corrected chi connectivity index (χ4v) is 2.93. The number of hydrogen-bond acceptors (Lipinski definition) is 4. The van der Waals surface area contributed by atoms with Gasteiger partial charge < -0.3 is 9.88 Å². The van der Waals surface area contributed by atoms with Gasteiger partial charge in [-0.1, -0.05) is 18.2 Å². The molecule has 0 aliphatic rings. The Morgan fingerprint density at radius 2 is 2.00 bits per heavy atom. The van der Waals surface area contributed by atoms with Crippen LogP contribution in [0.3, 0.4) is 0 Å². The fraction of sp³-hybridized carbons (Fsp3) is 0.167. The molecule has 0 spiro atoms. The van der Waals surface area contributed by atoms with Gasteiger partial charge in [-0.15, -0.1) is 11.3 Å². The minimum Gasteiger partial charge on any atom is -0.326 e. The van der Waals surface area contributed by atoms with Gasteiger partial charge in [0.05, 0.1) is 10.7 Å². The van der Waals surface area contributed by atoms with Crippen LogP contribution in [0.4, 0.5) is 5.69 Å². The molecular weight excluding hydrogens is 322 g/mol. The molecule has 122 valence electrons. The zero-order chi connectivity index (χ0) is 16.9. The Balaban J connectivity index is 1.58. The molecule has 0 aliphatic heterocycles. The number of pyridine rings is 1. The molecule has 5 nitrogen and oxygen atoms in total. The molecule has 1 aromatic carbocycles. The highest BCUT2D eigenvalue weighted by Crippen LogP contribution is 2.23. The van der Waals surface area contributed by atoms with Gasteiger partial charge in [0.15, 0.2) is 0 Å². The lowest BCUT2D eigenvalue weighted by Gasteiger charge is -2.07. The lowest BCUT2D eigenvalue weighted by Crippen LogP contribution is -2.21. The van der Waals surface area contributed by atoms with Crippen LogP contribution in [0.1, 0.15) is 11.4 Å². The van der Waals surface area contributed by atoms with Crippen molar-refractivity contribution in [1.82, 2.24) is 9.55 Å². The Morgan fingerprint density at radius 3 is 2.67 bits per heavy atom. The Labute approximate surface area is 143 Å². The molecule has 2 heterocycles. The van der Waals surface area contributed by atoms with Crippen molar-refractivity contribution in [2.45, 2.75) is 19.9 Å². The number of hydrogen-bond donors (Lipinski definition) is 1. The number of aromatic nitrogens is 2. The largest absolute Gasteiger partial charge is 0.326 e. The highest BCUT2D eigenvalue weighted by molar-refractivity contribution is 7.09. The minimum atomic E-state index is -0.122. The number of carbonyl (C=O) groups is 1. The smallest absolute Gasteiger partial charge is 0.250 e. The molecule has 0 saturated heterocycles. The van der Waals surface area contributed by atoms with E-state index < -0.39 is 0 Å². The topological polar surface area (TPSA) is 64.0 Å². The molecule has 0 fully saturated rings. The van der Waals surface area contributed by atoms with Crippen molar-refractivity contribution < 1.29 is 4.79 Å². The molecular formula is C18H17N3O2S. The van der Waals surface area contributed by atoms with Gasteiger partial charge in [0, 0.05) is 41.9 Å². The second-order valence-corrected chi connectivity index (χ2v) is 6.42. The first-order valence-electron chi connectivity index (χ1n) is 7.60. The Hall–Kier alpha value is -2.73. The van der Waals surface area contributed by atoms with Crippen LogP contribution in [-0.4, -0.2) is 15.5 Å². The monoisotopic (exact) mass is 339 g/mol. The van der Waals surface area contributed by atoms with E-state index in [0.29, 0.717) is 6.54 Å². The van der Waals surface area contributed by atoms with Crippen molar-refractivity contribution in [3.05, 3.63) is 69.4 Å². The number of rotatable bonds is 5. The van der Waals surface area contributed by atoms with Crippen molar-refractivity contribution in [2.75, 3.05) is 5.32 Å². The molecule has 3 aromatic rings. The SMILES string of the molecule is Cc1nc(-c2ccc(NC(=O)CCn3ccccc3=O)cc2)cs1. The molecule has 24 heavy (non-hydrogen) atoms. The zero-order valence-electron chi connectivity index (χ0n) is 13.2. The summed E-state index contributed by atoms with van der Waals surface area (Å²) in [4.78, 5) is 28.0. The summed E-state index contributed by atoms with van der Waals surface area (Å²) in [5, 5.41) is 5.88. The van der Waals surface area contributed by atoms with Crippen molar-refractivity contribution in [3.8, 4) is 11.3 Å². The molecule has 0 aliphatic carbocycles. The van der Waals surface area contributed by atoms with Gasteiger partial charge in [0.25, 0.3) is 5.56 Å². The number of thiazole rings is 1. The molecule has 1 N–H and O–H groups in total. The quantitative estimate of drug-likeness (QED) is 0.776. The average Bonchev–Trinajstić information content (AvgIpc) is 3.01. The number of anilines is 1. The van der Waals surface area contributed by atoms with Gasteiger partial charge in [0.1, 0.15) is 0 Å². The number of nitrogens with zero attached hydrogens (tertiary/aromatic N) is 2. The van der Waals surface area contributed by atoms with Crippen LogP contribution in [0.25, 0.3) is 11.3 Å². The first kappa shape index (κ1) is 16.1. The number of aryl methyl sites for hydroxylation is 2. The van der Waals surface area contributed by atoms with Crippen LogP contribution in [0, 0.1) is 6.92 Å². The van der Waals surface area contributed by atoms with E-state index >= 15 is 0 Å². The third kappa shape index (κ3) is 3.97. The van der Waals surface area contributed by atoms with Gasteiger partial charge in [-0.2, -0.15) is 0 Å². The van der Waals surface area contributed by atoms with Crippen molar-refractivity contribution in [2.24, 2.45) is 0 Å². The maximum atomic E-state index is 12.0. The van der Waals surface area contributed by atoms with E-state index in [-0.39, 0.29) is 17.9 Å². The third-order valence-corrected chi connectivity index (χ3v) is 4.34. The first-order valence-corrected chi connectivity index (χ1v) is 8.48. The zero-order valence-corrected chi connectivity index (χ0v) is 14.0. The van der Waals surface area contributed by atoms with E-state index in [1.165, 1.54) is 10.6 Å². The second kappa shape index (κ2) is 7.23. The van der Waals surface area contributed by atoms with E-state index in [0.717, 1.165) is 22.0 Å². The standard InChI is InChI=1S/C18H17N3O2S/c1-13-19-16(12-24-13)14-5-7-15(8-6-14)20-17(22)9-11-21-10-3-2-4-18(21)23/h2-8,10,12H,9,11H2,1H3,(H,20,22). The predicted molar refractivity (Wildman–Crippen MR) is 96.2 cm³/mol. The average molecular weight is 339 g/mol. The lowest BCUT2D eigenvalue weighted by atomic mass is 10.1. The molecule has 0 atom stereocenters. The summed E-state index contributed by atoms with van der Waals surface area (Å²) >= 11 is 1.61. The summed E-state index contributed by atoms with van der Waals surface area (Å²) in [6.45, 7) is 2.34. The summed E-state index contributed by atoms with van der Waals surface area (Å²) in [6, 6.07) is 12.5. The van der Waals surface area contributed by atoms with E-state index in [4.69, 9.17) is 0 Å². The van der Waals surface area contributed by atoms with Gasteiger partial charge in [-0.25, -0.2) is 4.98 Å². The van der Waals surface area contributed by atoms with E-state index in [9.17, 15) is 9.59 Å². The Bertz CT molecular complexity index is 897. The number of benzene rings is 1. The lowest BCUT2D eigenvalue weighted by molar-refractivity contribution is -0.116. The maximum absolute atomic E-state index is 12.0. The van der Waals surface area contributed by atoms with Crippen molar-refractivity contribution in [1.29, 1.82) is 0 Å². The molecule has 1 amide bonds. The number of carbonyl (C=O) groups excluding carboxylic acids is 1. The van der Waals surface area contributed by atoms with Crippen molar-refractivity contribution >= 4 is 22.9 Å². The van der Waals surface area contributed by atoms with E-state index in [1.54, 1.807) is 29.7 Å². The van der Waals surface area contributed by atoms with Crippen LogP contribution in [0.5, 0.6) is 0 Å². The van der Waals surface area contributed by atoms with Crippen LogP contribution in [-0.2, 0) is 11.3 Å². The highest BCUT2D eigenvalue weighted by Gasteiger charge is 2.05. The molecule has 0 saturated carbocycles. The first-order chi connectivity index (χ1) is 11.6. The van der Waals surface area contributed by atoms with Crippen LogP contribution in [0.2, 0.25) is 0 Å². The Kier molecular flexibility index (Phi) is 4.86. The predicted octanol–water partition coefficient (Wildman–Crippen LogP) is 3.31. The summed E-state index contributed by atoms with van der Waals surface area (Å²) < 4.78 is 1.52. The van der Waals surface area contributed by atoms with Crippen LogP contribution in [0.15, 0.2) is 58.8 Å². The van der Waals surface area contributed by atoms with Crippen LogP contribution < -0.4 is 10.9 Å². The van der Waals surface area contributed by atoms with E-state index in [1.807, 2.05) is 36.6 Å². The fourth-order valence-electron chi connectivity index (χ4n) is 2.31. The number of amides is 1. The summed E-state index contributed by atoms with van der Waals surface area (Å²) in [6.07, 6.45) is 1.93.